The summed E-state index contributed by atoms with van der Waals surface area (Å²) in [4.78, 5) is 2.64. The monoisotopic (exact) mass is 266 g/mol. The fourth-order valence-electron chi connectivity index (χ4n) is 4.71. The Morgan fingerprint density at radius 3 is 2.32 bits per heavy atom. The molecule has 0 spiro atoms. The average molecular weight is 266 g/mol. The van der Waals surface area contributed by atoms with E-state index in [2.05, 4.69) is 32.7 Å². The molecule has 2 N–H and O–H groups in total. The molecule has 0 aromatic heterocycles. The summed E-state index contributed by atoms with van der Waals surface area (Å²) in [5, 5.41) is 0. The zero-order valence-corrected chi connectivity index (χ0v) is 13.5. The van der Waals surface area contributed by atoms with Gasteiger partial charge in [-0.05, 0) is 56.4 Å². The summed E-state index contributed by atoms with van der Waals surface area (Å²) >= 11 is 0. The van der Waals surface area contributed by atoms with E-state index in [1.807, 2.05) is 0 Å². The Morgan fingerprint density at radius 2 is 1.79 bits per heavy atom. The summed E-state index contributed by atoms with van der Waals surface area (Å²) in [6.07, 6.45) is 9.67. The van der Waals surface area contributed by atoms with Crippen molar-refractivity contribution in [3.8, 4) is 0 Å². The molecule has 2 unspecified atom stereocenters. The van der Waals surface area contributed by atoms with Crippen LogP contribution >= 0.6 is 0 Å². The molecule has 0 heterocycles. The Morgan fingerprint density at radius 1 is 1.16 bits per heavy atom. The fourth-order valence-corrected chi connectivity index (χ4v) is 4.71. The molecule has 2 aliphatic rings. The highest BCUT2D eigenvalue weighted by Gasteiger charge is 2.45. The molecule has 2 nitrogen and oxygen atoms in total. The lowest BCUT2D eigenvalue weighted by Crippen LogP contribution is -2.60. The maximum atomic E-state index is 6.25. The molecule has 0 bridgehead atoms. The molecule has 112 valence electrons. The Balaban J connectivity index is 2.04. The van der Waals surface area contributed by atoms with E-state index in [-0.39, 0.29) is 5.54 Å². The lowest BCUT2D eigenvalue weighted by atomic mass is 9.63. The highest BCUT2D eigenvalue weighted by atomic mass is 15.2. The van der Waals surface area contributed by atoms with E-state index in [1.165, 1.54) is 51.5 Å². The molecule has 0 radical (unpaired) electrons. The van der Waals surface area contributed by atoms with Gasteiger partial charge in [0.25, 0.3) is 0 Å². The van der Waals surface area contributed by atoms with Crippen LogP contribution in [0.2, 0.25) is 0 Å². The molecule has 2 saturated carbocycles. The lowest BCUT2D eigenvalue weighted by Gasteiger charge is -2.53. The van der Waals surface area contributed by atoms with Crippen molar-refractivity contribution in [3.63, 3.8) is 0 Å². The molecule has 2 heteroatoms. The van der Waals surface area contributed by atoms with E-state index >= 15 is 0 Å². The highest BCUT2D eigenvalue weighted by molar-refractivity contribution is 5.01. The van der Waals surface area contributed by atoms with E-state index in [0.717, 1.165) is 12.5 Å². The van der Waals surface area contributed by atoms with Gasteiger partial charge in [0.2, 0.25) is 0 Å². The van der Waals surface area contributed by atoms with Crippen LogP contribution in [0.5, 0.6) is 0 Å². The molecule has 2 aliphatic carbocycles. The lowest BCUT2D eigenvalue weighted by molar-refractivity contribution is -0.0142. The van der Waals surface area contributed by atoms with Crippen LogP contribution in [-0.2, 0) is 0 Å². The average Bonchev–Trinajstić information content (AvgIpc) is 2.81. The van der Waals surface area contributed by atoms with Crippen molar-refractivity contribution >= 4 is 0 Å². The molecule has 2 fully saturated rings. The first-order valence-electron chi connectivity index (χ1n) is 8.31. The first-order valence-corrected chi connectivity index (χ1v) is 8.31. The largest absolute Gasteiger partial charge is 0.329 e. The molecule has 0 saturated heterocycles. The van der Waals surface area contributed by atoms with Crippen molar-refractivity contribution in [3.05, 3.63) is 0 Å². The second-order valence-electron chi connectivity index (χ2n) is 8.11. The van der Waals surface area contributed by atoms with Crippen LogP contribution in [-0.4, -0.2) is 30.6 Å². The fraction of sp³-hybridized carbons (Fsp3) is 1.00. The van der Waals surface area contributed by atoms with Gasteiger partial charge in [0.15, 0.2) is 0 Å². The smallest absolute Gasteiger partial charge is 0.0354 e. The summed E-state index contributed by atoms with van der Waals surface area (Å²) in [5.41, 5.74) is 7.02. The minimum absolute atomic E-state index is 0.262. The predicted molar refractivity (Wildman–Crippen MR) is 83.2 cm³/mol. The number of hydrogen-bond donors (Lipinski definition) is 1. The van der Waals surface area contributed by atoms with Crippen molar-refractivity contribution in [2.75, 3.05) is 20.1 Å². The van der Waals surface area contributed by atoms with Gasteiger partial charge in [-0.25, -0.2) is 0 Å². The van der Waals surface area contributed by atoms with Crippen LogP contribution in [0.3, 0.4) is 0 Å². The second-order valence-corrected chi connectivity index (χ2v) is 8.11. The van der Waals surface area contributed by atoms with Crippen molar-refractivity contribution < 1.29 is 0 Å². The maximum Gasteiger partial charge on any atom is 0.0354 e. The maximum absolute atomic E-state index is 6.25. The molecule has 2 atom stereocenters. The molecule has 0 amide bonds. The van der Waals surface area contributed by atoms with Gasteiger partial charge in [-0.3, -0.25) is 4.90 Å². The van der Waals surface area contributed by atoms with E-state index in [4.69, 9.17) is 5.73 Å². The summed E-state index contributed by atoms with van der Waals surface area (Å²) in [6, 6.07) is 0. The molecule has 2 rings (SSSR count). The van der Waals surface area contributed by atoms with E-state index in [9.17, 15) is 0 Å². The van der Waals surface area contributed by atoms with Crippen molar-refractivity contribution in [2.24, 2.45) is 23.0 Å². The van der Waals surface area contributed by atoms with Crippen LogP contribution in [0.15, 0.2) is 0 Å². The van der Waals surface area contributed by atoms with Gasteiger partial charge in [-0.15, -0.1) is 0 Å². The molecule has 0 aromatic carbocycles. The Bertz CT molecular complexity index is 294. The molecule has 0 aromatic rings. The third-order valence-electron chi connectivity index (χ3n) is 6.13. The first-order chi connectivity index (χ1) is 8.89. The third-order valence-corrected chi connectivity index (χ3v) is 6.13. The standard InChI is InChI=1S/C17H34N2/c1-14-11-16(2,3)9-10-17(14,13-18)19(4)12-15-7-5-6-8-15/h14-15H,5-13,18H2,1-4H3. The molecular formula is C17H34N2. The van der Waals surface area contributed by atoms with Crippen molar-refractivity contribution in [2.45, 2.75) is 71.3 Å². The van der Waals surface area contributed by atoms with Crippen LogP contribution in [0.4, 0.5) is 0 Å². The minimum atomic E-state index is 0.262. The summed E-state index contributed by atoms with van der Waals surface area (Å²) < 4.78 is 0. The molecule has 0 aliphatic heterocycles. The number of likely N-dealkylation sites (N-methyl/N-ethyl adjacent to an activating group) is 1. The van der Waals surface area contributed by atoms with Crippen LogP contribution < -0.4 is 5.73 Å². The summed E-state index contributed by atoms with van der Waals surface area (Å²) in [7, 11) is 2.33. The van der Waals surface area contributed by atoms with Gasteiger partial charge in [0.05, 0.1) is 0 Å². The van der Waals surface area contributed by atoms with E-state index in [0.29, 0.717) is 11.3 Å². The SMILES string of the molecule is CC1CC(C)(C)CCC1(CN)N(C)CC1CCCC1. The Hall–Kier alpha value is -0.0800. The normalized spacial score (nSPS) is 36.0. The predicted octanol–water partition coefficient (Wildman–Crippen LogP) is 3.65. The summed E-state index contributed by atoms with van der Waals surface area (Å²) in [5.74, 6) is 1.64. The van der Waals surface area contributed by atoms with E-state index < -0.39 is 0 Å². The first kappa shape index (κ1) is 15.3. The van der Waals surface area contributed by atoms with Crippen molar-refractivity contribution in [1.82, 2.24) is 4.90 Å². The zero-order chi connectivity index (χ0) is 14.1. The topological polar surface area (TPSA) is 29.3 Å². The number of rotatable bonds is 4. The van der Waals surface area contributed by atoms with Crippen LogP contribution in [0, 0.1) is 17.3 Å². The van der Waals surface area contributed by atoms with Gasteiger partial charge in [-0.2, -0.15) is 0 Å². The summed E-state index contributed by atoms with van der Waals surface area (Å²) in [6.45, 7) is 9.36. The van der Waals surface area contributed by atoms with Gasteiger partial charge in [0.1, 0.15) is 0 Å². The quantitative estimate of drug-likeness (QED) is 0.841. The van der Waals surface area contributed by atoms with Gasteiger partial charge in [-0.1, -0.05) is 33.6 Å². The highest BCUT2D eigenvalue weighted by Crippen LogP contribution is 2.46. The molecular weight excluding hydrogens is 232 g/mol. The minimum Gasteiger partial charge on any atom is -0.329 e. The number of nitrogens with two attached hydrogens (primary N) is 1. The molecule has 19 heavy (non-hydrogen) atoms. The van der Waals surface area contributed by atoms with Gasteiger partial charge in [0, 0.05) is 18.6 Å². The van der Waals surface area contributed by atoms with Crippen molar-refractivity contribution in [1.29, 1.82) is 0 Å². The number of nitrogens with zero attached hydrogens (tertiary/aromatic N) is 1. The van der Waals surface area contributed by atoms with Crippen LogP contribution in [0.25, 0.3) is 0 Å². The Labute approximate surface area is 120 Å². The van der Waals surface area contributed by atoms with Gasteiger partial charge >= 0.3 is 0 Å². The van der Waals surface area contributed by atoms with E-state index in [1.54, 1.807) is 0 Å². The zero-order valence-electron chi connectivity index (χ0n) is 13.5. The number of hydrogen-bond acceptors (Lipinski definition) is 2. The van der Waals surface area contributed by atoms with Crippen LogP contribution in [0.1, 0.15) is 65.7 Å². The second kappa shape index (κ2) is 5.73. The third kappa shape index (κ3) is 3.16. The Kier molecular flexibility index (Phi) is 4.62. The van der Waals surface area contributed by atoms with Gasteiger partial charge < -0.3 is 5.73 Å².